The van der Waals surface area contributed by atoms with Crippen molar-refractivity contribution in [2.45, 2.75) is 0 Å². The number of hydrogen-bond acceptors (Lipinski definition) is 3. The first-order chi connectivity index (χ1) is 10.8. The van der Waals surface area contributed by atoms with Gasteiger partial charge in [-0.05, 0) is 35.4 Å². The van der Waals surface area contributed by atoms with Gasteiger partial charge in [0, 0.05) is 14.1 Å². The zero-order chi connectivity index (χ0) is 17.4. The first-order valence-corrected chi connectivity index (χ1v) is 6.64. The summed E-state index contributed by atoms with van der Waals surface area (Å²) in [5.74, 6) is -1.94. The lowest BCUT2D eigenvalue weighted by atomic mass is 10.0. The summed E-state index contributed by atoms with van der Waals surface area (Å²) in [6.07, 6.45) is 0.750. The number of benzene rings is 2. The van der Waals surface area contributed by atoms with Gasteiger partial charge < -0.3 is 15.1 Å². The maximum atomic E-state index is 10.7. The summed E-state index contributed by atoms with van der Waals surface area (Å²) in [4.78, 5) is 32.3. The molecule has 0 saturated carbocycles. The van der Waals surface area contributed by atoms with Crippen molar-refractivity contribution in [1.82, 2.24) is 4.90 Å². The third-order valence-corrected chi connectivity index (χ3v) is 2.81. The molecule has 2 N–H and O–H groups in total. The van der Waals surface area contributed by atoms with Crippen LogP contribution in [0.4, 0.5) is 0 Å². The van der Waals surface area contributed by atoms with Gasteiger partial charge in [-0.15, -0.1) is 0 Å². The van der Waals surface area contributed by atoms with Crippen molar-refractivity contribution in [2.75, 3.05) is 14.1 Å². The van der Waals surface area contributed by atoms with Gasteiger partial charge in [0.15, 0.2) is 0 Å². The van der Waals surface area contributed by atoms with Crippen molar-refractivity contribution in [1.29, 1.82) is 0 Å². The van der Waals surface area contributed by atoms with Crippen LogP contribution in [0.3, 0.4) is 0 Å². The summed E-state index contributed by atoms with van der Waals surface area (Å²) in [6, 6.07) is 12.8. The Morgan fingerprint density at radius 2 is 1.04 bits per heavy atom. The van der Waals surface area contributed by atoms with E-state index in [0.717, 1.165) is 17.5 Å². The SMILES string of the molecule is CN(C)C=O.O=C(O)c1ccc(-c2ccc(C(=O)O)cc2)cc1. The minimum absolute atomic E-state index is 0.223. The fourth-order valence-corrected chi connectivity index (χ4v) is 1.61. The van der Waals surface area contributed by atoms with Crippen LogP contribution >= 0.6 is 0 Å². The fraction of sp³-hybridized carbons (Fsp3) is 0.118. The summed E-state index contributed by atoms with van der Waals surface area (Å²) in [6.45, 7) is 0. The molecule has 6 nitrogen and oxygen atoms in total. The van der Waals surface area contributed by atoms with Crippen molar-refractivity contribution >= 4 is 18.3 Å². The Labute approximate surface area is 133 Å². The van der Waals surface area contributed by atoms with Gasteiger partial charge >= 0.3 is 11.9 Å². The van der Waals surface area contributed by atoms with Crippen molar-refractivity contribution < 1.29 is 24.6 Å². The van der Waals surface area contributed by atoms with E-state index in [9.17, 15) is 14.4 Å². The second kappa shape index (κ2) is 8.33. The Bertz CT molecular complexity index is 620. The molecule has 2 aromatic carbocycles. The molecule has 0 bridgehead atoms. The molecular formula is C17H17NO5. The van der Waals surface area contributed by atoms with Gasteiger partial charge in [0.1, 0.15) is 0 Å². The van der Waals surface area contributed by atoms with E-state index in [2.05, 4.69) is 0 Å². The van der Waals surface area contributed by atoms with E-state index in [1.807, 2.05) is 0 Å². The Balaban J connectivity index is 0.000000463. The second-order valence-corrected chi connectivity index (χ2v) is 4.83. The maximum Gasteiger partial charge on any atom is 0.335 e. The molecule has 23 heavy (non-hydrogen) atoms. The highest BCUT2D eigenvalue weighted by Gasteiger charge is 2.05. The van der Waals surface area contributed by atoms with Crippen LogP contribution in [-0.2, 0) is 4.79 Å². The van der Waals surface area contributed by atoms with Crippen LogP contribution in [0.25, 0.3) is 11.1 Å². The summed E-state index contributed by atoms with van der Waals surface area (Å²) in [5, 5.41) is 17.6. The molecule has 0 aliphatic rings. The van der Waals surface area contributed by atoms with Crippen LogP contribution in [-0.4, -0.2) is 47.6 Å². The molecule has 2 rings (SSSR count). The second-order valence-electron chi connectivity index (χ2n) is 4.83. The molecule has 0 radical (unpaired) electrons. The topological polar surface area (TPSA) is 94.9 Å². The standard InChI is InChI=1S/C14H10O4.C3H7NO/c15-13(16)11-5-1-9(2-6-11)10-3-7-12(8-4-10)14(17)18;1-4(2)3-5/h1-8H,(H,15,16)(H,17,18);3H,1-2H3. The minimum atomic E-state index is -0.970. The van der Waals surface area contributed by atoms with Crippen LogP contribution < -0.4 is 0 Å². The van der Waals surface area contributed by atoms with Gasteiger partial charge in [-0.1, -0.05) is 24.3 Å². The molecule has 0 spiro atoms. The number of rotatable bonds is 4. The van der Waals surface area contributed by atoms with Crippen molar-refractivity contribution in [2.24, 2.45) is 0 Å². The smallest absolute Gasteiger partial charge is 0.335 e. The van der Waals surface area contributed by atoms with E-state index in [1.54, 1.807) is 38.4 Å². The number of carboxylic acids is 2. The molecule has 2 aromatic rings. The number of carbonyl (C=O) groups excluding carboxylic acids is 1. The van der Waals surface area contributed by atoms with Crippen LogP contribution in [0.5, 0.6) is 0 Å². The van der Waals surface area contributed by atoms with E-state index in [4.69, 9.17) is 10.2 Å². The molecule has 0 fully saturated rings. The Hall–Kier alpha value is -3.15. The predicted octanol–water partition coefficient (Wildman–Crippen LogP) is 2.45. The van der Waals surface area contributed by atoms with E-state index in [1.165, 1.54) is 29.2 Å². The first kappa shape index (κ1) is 17.9. The Morgan fingerprint density at radius 3 is 1.22 bits per heavy atom. The highest BCUT2D eigenvalue weighted by molar-refractivity contribution is 5.89. The van der Waals surface area contributed by atoms with E-state index >= 15 is 0 Å². The highest BCUT2D eigenvalue weighted by Crippen LogP contribution is 2.20. The molecule has 0 unspecified atom stereocenters. The van der Waals surface area contributed by atoms with Crippen LogP contribution in [0.2, 0.25) is 0 Å². The lowest BCUT2D eigenvalue weighted by Crippen LogP contribution is -2.06. The van der Waals surface area contributed by atoms with Gasteiger partial charge in [-0.3, -0.25) is 4.79 Å². The fourth-order valence-electron chi connectivity index (χ4n) is 1.61. The molecule has 1 amide bonds. The van der Waals surface area contributed by atoms with Crippen LogP contribution in [0.1, 0.15) is 20.7 Å². The third-order valence-electron chi connectivity index (χ3n) is 2.81. The van der Waals surface area contributed by atoms with Crippen molar-refractivity contribution in [3.63, 3.8) is 0 Å². The quantitative estimate of drug-likeness (QED) is 0.845. The van der Waals surface area contributed by atoms with Gasteiger partial charge in [-0.25, -0.2) is 9.59 Å². The predicted molar refractivity (Wildman–Crippen MR) is 85.5 cm³/mol. The number of carboxylic acid groups (broad SMARTS) is 2. The lowest BCUT2D eigenvalue weighted by molar-refractivity contribution is -0.115. The van der Waals surface area contributed by atoms with Crippen molar-refractivity contribution in [3.8, 4) is 11.1 Å². The molecule has 6 heteroatoms. The monoisotopic (exact) mass is 315 g/mol. The average molecular weight is 315 g/mol. The van der Waals surface area contributed by atoms with E-state index in [-0.39, 0.29) is 11.1 Å². The molecule has 0 aliphatic carbocycles. The van der Waals surface area contributed by atoms with Gasteiger partial charge in [0.2, 0.25) is 6.41 Å². The largest absolute Gasteiger partial charge is 0.478 e. The van der Waals surface area contributed by atoms with E-state index in [0.29, 0.717) is 0 Å². The van der Waals surface area contributed by atoms with Crippen LogP contribution in [0.15, 0.2) is 48.5 Å². The molecule has 0 aliphatic heterocycles. The molecule has 0 atom stereocenters. The summed E-state index contributed by atoms with van der Waals surface area (Å²) in [7, 11) is 3.38. The zero-order valence-electron chi connectivity index (χ0n) is 12.8. The normalized spacial score (nSPS) is 9.30. The molecule has 0 heterocycles. The Morgan fingerprint density at radius 1 is 0.783 bits per heavy atom. The molecule has 0 saturated heterocycles. The lowest BCUT2D eigenvalue weighted by Gasteiger charge is -2.03. The number of nitrogens with zero attached hydrogens (tertiary/aromatic N) is 1. The zero-order valence-corrected chi connectivity index (χ0v) is 12.8. The van der Waals surface area contributed by atoms with Crippen molar-refractivity contribution in [3.05, 3.63) is 59.7 Å². The van der Waals surface area contributed by atoms with Crippen LogP contribution in [0, 0.1) is 0 Å². The maximum absolute atomic E-state index is 10.7. The Kier molecular flexibility index (Phi) is 6.48. The van der Waals surface area contributed by atoms with Gasteiger partial charge in [-0.2, -0.15) is 0 Å². The van der Waals surface area contributed by atoms with E-state index < -0.39 is 11.9 Å². The average Bonchev–Trinajstić information content (AvgIpc) is 2.55. The molecule has 120 valence electrons. The third kappa shape index (κ3) is 5.62. The number of carbonyl (C=O) groups is 3. The number of aromatic carboxylic acids is 2. The summed E-state index contributed by atoms with van der Waals surface area (Å²) < 4.78 is 0. The molecule has 0 aromatic heterocycles. The first-order valence-electron chi connectivity index (χ1n) is 6.64. The number of hydrogen-bond donors (Lipinski definition) is 2. The van der Waals surface area contributed by atoms with Gasteiger partial charge in [0.05, 0.1) is 11.1 Å². The molecular weight excluding hydrogens is 298 g/mol. The number of amides is 1. The highest BCUT2D eigenvalue weighted by atomic mass is 16.4. The summed E-state index contributed by atoms with van der Waals surface area (Å²) in [5.41, 5.74) is 2.13. The van der Waals surface area contributed by atoms with Gasteiger partial charge in [0.25, 0.3) is 0 Å². The summed E-state index contributed by atoms with van der Waals surface area (Å²) >= 11 is 0. The minimum Gasteiger partial charge on any atom is -0.478 e.